The zero-order chi connectivity index (χ0) is 21.3. The molecular formula is C25H25ClN2O2. The van der Waals surface area contributed by atoms with Crippen LogP contribution in [0.5, 0.6) is 0 Å². The van der Waals surface area contributed by atoms with Gasteiger partial charge in [0, 0.05) is 25.0 Å². The van der Waals surface area contributed by atoms with Crippen molar-refractivity contribution < 1.29 is 9.59 Å². The third kappa shape index (κ3) is 5.94. The Labute approximate surface area is 182 Å². The van der Waals surface area contributed by atoms with E-state index in [1.54, 1.807) is 24.1 Å². The van der Waals surface area contributed by atoms with Crippen LogP contribution in [0.2, 0.25) is 5.02 Å². The topological polar surface area (TPSA) is 49.4 Å². The maximum atomic E-state index is 13.4. The molecule has 3 aromatic rings. The zero-order valence-electron chi connectivity index (χ0n) is 16.9. The Kier molecular flexibility index (Phi) is 7.63. The van der Waals surface area contributed by atoms with Crippen LogP contribution in [0.3, 0.4) is 0 Å². The SMILES string of the molecule is CNC(=O)[C@@H](Cc1ccccc1)N(Cc1ccccc1)C(=O)Cc1ccc(Cl)cc1. The molecule has 0 aromatic heterocycles. The van der Waals surface area contributed by atoms with E-state index < -0.39 is 6.04 Å². The highest BCUT2D eigenvalue weighted by Crippen LogP contribution is 2.17. The van der Waals surface area contributed by atoms with Crippen LogP contribution in [0.15, 0.2) is 84.9 Å². The minimum absolute atomic E-state index is 0.106. The Morgan fingerprint density at radius 3 is 1.97 bits per heavy atom. The molecule has 3 rings (SSSR count). The first-order valence-corrected chi connectivity index (χ1v) is 10.3. The van der Waals surface area contributed by atoms with Gasteiger partial charge < -0.3 is 10.2 Å². The third-order valence-corrected chi connectivity index (χ3v) is 5.23. The van der Waals surface area contributed by atoms with Crippen molar-refractivity contribution in [1.29, 1.82) is 0 Å². The monoisotopic (exact) mass is 420 g/mol. The molecule has 0 bridgehead atoms. The molecule has 30 heavy (non-hydrogen) atoms. The van der Waals surface area contributed by atoms with Crippen LogP contribution in [-0.4, -0.2) is 29.8 Å². The van der Waals surface area contributed by atoms with E-state index in [-0.39, 0.29) is 18.2 Å². The number of nitrogens with zero attached hydrogens (tertiary/aromatic N) is 1. The van der Waals surface area contributed by atoms with E-state index in [2.05, 4.69) is 5.32 Å². The number of carbonyl (C=O) groups excluding carboxylic acids is 2. The highest BCUT2D eigenvalue weighted by Gasteiger charge is 2.29. The average Bonchev–Trinajstić information content (AvgIpc) is 2.78. The fourth-order valence-corrected chi connectivity index (χ4v) is 3.51. The van der Waals surface area contributed by atoms with Crippen molar-refractivity contribution in [2.24, 2.45) is 0 Å². The lowest BCUT2D eigenvalue weighted by molar-refractivity contribution is -0.140. The van der Waals surface area contributed by atoms with Crippen LogP contribution in [0.4, 0.5) is 0 Å². The molecular weight excluding hydrogens is 396 g/mol. The summed E-state index contributed by atoms with van der Waals surface area (Å²) in [7, 11) is 1.60. The van der Waals surface area contributed by atoms with Crippen molar-refractivity contribution in [2.75, 3.05) is 7.05 Å². The molecule has 5 heteroatoms. The first kappa shape index (κ1) is 21.6. The van der Waals surface area contributed by atoms with E-state index in [4.69, 9.17) is 11.6 Å². The Bertz CT molecular complexity index is 959. The average molecular weight is 421 g/mol. The lowest BCUT2D eigenvalue weighted by Gasteiger charge is -2.31. The number of hydrogen-bond acceptors (Lipinski definition) is 2. The number of halogens is 1. The second-order valence-corrected chi connectivity index (χ2v) is 7.57. The molecule has 3 aromatic carbocycles. The van der Waals surface area contributed by atoms with Crippen LogP contribution in [-0.2, 0) is 29.0 Å². The Morgan fingerprint density at radius 1 is 0.833 bits per heavy atom. The Balaban J connectivity index is 1.91. The standard InChI is InChI=1S/C25H25ClN2O2/c1-27-25(30)23(16-19-8-4-2-5-9-19)28(18-21-10-6-3-7-11-21)24(29)17-20-12-14-22(26)15-13-20/h2-15,23H,16-18H2,1H3,(H,27,30)/t23-/m1/s1. The number of carbonyl (C=O) groups is 2. The van der Waals surface area contributed by atoms with E-state index in [1.807, 2.05) is 72.8 Å². The molecule has 0 saturated heterocycles. The highest BCUT2D eigenvalue weighted by atomic mass is 35.5. The van der Waals surface area contributed by atoms with Crippen LogP contribution in [0.1, 0.15) is 16.7 Å². The molecule has 0 fully saturated rings. The largest absolute Gasteiger partial charge is 0.357 e. The summed E-state index contributed by atoms with van der Waals surface area (Å²) in [6, 6.07) is 26.1. The summed E-state index contributed by atoms with van der Waals surface area (Å²) in [5, 5.41) is 3.35. The quantitative estimate of drug-likeness (QED) is 0.591. The van der Waals surface area contributed by atoms with Gasteiger partial charge in [-0.3, -0.25) is 9.59 Å². The number of likely N-dealkylation sites (N-methyl/N-ethyl adjacent to an activating group) is 1. The predicted octanol–water partition coefficient (Wildman–Crippen LogP) is 4.27. The molecule has 154 valence electrons. The lowest BCUT2D eigenvalue weighted by atomic mass is 10.0. The molecule has 0 unspecified atom stereocenters. The summed E-state index contributed by atoms with van der Waals surface area (Å²) in [5.74, 6) is -0.287. The van der Waals surface area contributed by atoms with Gasteiger partial charge in [0.25, 0.3) is 0 Å². The van der Waals surface area contributed by atoms with E-state index in [0.29, 0.717) is 18.0 Å². The summed E-state index contributed by atoms with van der Waals surface area (Å²) >= 11 is 5.97. The number of benzene rings is 3. The van der Waals surface area contributed by atoms with Gasteiger partial charge in [-0.1, -0.05) is 84.4 Å². The van der Waals surface area contributed by atoms with Gasteiger partial charge in [0.15, 0.2) is 0 Å². The number of hydrogen-bond donors (Lipinski definition) is 1. The van der Waals surface area contributed by atoms with Crippen molar-refractivity contribution in [3.05, 3.63) is 107 Å². The molecule has 1 N–H and O–H groups in total. The Hall–Kier alpha value is -3.11. The van der Waals surface area contributed by atoms with Crippen LogP contribution >= 0.6 is 11.6 Å². The lowest BCUT2D eigenvalue weighted by Crippen LogP contribution is -2.50. The van der Waals surface area contributed by atoms with Crippen LogP contribution in [0.25, 0.3) is 0 Å². The maximum absolute atomic E-state index is 13.4. The van der Waals surface area contributed by atoms with Crippen LogP contribution < -0.4 is 5.32 Å². The molecule has 0 spiro atoms. The van der Waals surface area contributed by atoms with E-state index in [9.17, 15) is 9.59 Å². The maximum Gasteiger partial charge on any atom is 0.242 e. The fraction of sp³-hybridized carbons (Fsp3) is 0.200. The molecule has 4 nitrogen and oxygen atoms in total. The van der Waals surface area contributed by atoms with Crippen molar-refractivity contribution in [1.82, 2.24) is 10.2 Å². The van der Waals surface area contributed by atoms with Crippen molar-refractivity contribution in [3.8, 4) is 0 Å². The Morgan fingerprint density at radius 2 is 1.40 bits per heavy atom. The highest BCUT2D eigenvalue weighted by molar-refractivity contribution is 6.30. The fourth-order valence-electron chi connectivity index (χ4n) is 3.38. The third-order valence-electron chi connectivity index (χ3n) is 4.98. The predicted molar refractivity (Wildman–Crippen MR) is 120 cm³/mol. The number of nitrogens with one attached hydrogen (secondary N) is 1. The zero-order valence-corrected chi connectivity index (χ0v) is 17.7. The van der Waals surface area contributed by atoms with E-state index >= 15 is 0 Å². The molecule has 0 radical (unpaired) electrons. The molecule has 0 aliphatic rings. The summed E-state index contributed by atoms with van der Waals surface area (Å²) < 4.78 is 0. The van der Waals surface area contributed by atoms with Gasteiger partial charge in [-0.15, -0.1) is 0 Å². The van der Waals surface area contributed by atoms with Crippen LogP contribution in [0, 0.1) is 0 Å². The van der Waals surface area contributed by atoms with E-state index in [0.717, 1.165) is 16.7 Å². The summed E-state index contributed by atoms with van der Waals surface area (Å²) in [6.07, 6.45) is 0.645. The van der Waals surface area contributed by atoms with Crippen molar-refractivity contribution in [2.45, 2.75) is 25.4 Å². The first-order valence-electron chi connectivity index (χ1n) is 9.90. The van der Waals surface area contributed by atoms with Gasteiger partial charge in [-0.05, 0) is 28.8 Å². The first-order chi connectivity index (χ1) is 14.6. The van der Waals surface area contributed by atoms with Gasteiger partial charge in [-0.25, -0.2) is 0 Å². The molecule has 0 aliphatic heterocycles. The second kappa shape index (κ2) is 10.6. The molecule has 0 heterocycles. The van der Waals surface area contributed by atoms with Gasteiger partial charge in [0.05, 0.1) is 6.42 Å². The van der Waals surface area contributed by atoms with Gasteiger partial charge in [-0.2, -0.15) is 0 Å². The molecule has 0 aliphatic carbocycles. The number of amides is 2. The molecule has 1 atom stereocenters. The summed E-state index contributed by atoms with van der Waals surface area (Å²) in [6.45, 7) is 0.359. The van der Waals surface area contributed by atoms with Crippen molar-refractivity contribution >= 4 is 23.4 Å². The smallest absolute Gasteiger partial charge is 0.242 e. The molecule has 0 saturated carbocycles. The van der Waals surface area contributed by atoms with E-state index in [1.165, 1.54) is 0 Å². The summed E-state index contributed by atoms with van der Waals surface area (Å²) in [4.78, 5) is 27.9. The second-order valence-electron chi connectivity index (χ2n) is 7.13. The minimum atomic E-state index is -0.614. The van der Waals surface area contributed by atoms with Gasteiger partial charge >= 0.3 is 0 Å². The van der Waals surface area contributed by atoms with Gasteiger partial charge in [0.1, 0.15) is 6.04 Å². The van der Waals surface area contributed by atoms with Crippen molar-refractivity contribution in [3.63, 3.8) is 0 Å². The minimum Gasteiger partial charge on any atom is -0.357 e. The molecule has 2 amide bonds. The number of rotatable bonds is 8. The summed E-state index contributed by atoms with van der Waals surface area (Å²) in [5.41, 5.74) is 2.84. The normalized spacial score (nSPS) is 11.5. The van der Waals surface area contributed by atoms with Gasteiger partial charge in [0.2, 0.25) is 11.8 Å².